The number of benzene rings is 3. The van der Waals surface area contributed by atoms with E-state index in [1.165, 1.54) is 22.9 Å². The molecule has 0 spiro atoms. The van der Waals surface area contributed by atoms with Crippen molar-refractivity contribution in [2.75, 3.05) is 6.54 Å². The number of aryl methyl sites for hydroxylation is 1. The fraction of sp³-hybridized carbons (Fsp3) is 0.172. The van der Waals surface area contributed by atoms with E-state index in [0.717, 1.165) is 45.3 Å². The van der Waals surface area contributed by atoms with E-state index in [-0.39, 0.29) is 5.91 Å². The molecule has 3 aromatic carbocycles. The molecular formula is C29H26ClN3OS. The number of thioether (sulfide) groups is 1. The minimum atomic E-state index is 0.0113. The Morgan fingerprint density at radius 2 is 1.74 bits per heavy atom. The van der Waals surface area contributed by atoms with Crippen molar-refractivity contribution in [1.29, 1.82) is 0 Å². The van der Waals surface area contributed by atoms with Gasteiger partial charge >= 0.3 is 0 Å². The predicted octanol–water partition coefficient (Wildman–Crippen LogP) is 7.67. The Kier molecular flexibility index (Phi) is 6.80. The highest BCUT2D eigenvalue weighted by Gasteiger charge is 2.33. The largest absolute Gasteiger partial charge is 0.342 e. The van der Waals surface area contributed by atoms with Gasteiger partial charge in [0.25, 0.3) is 5.91 Å². The van der Waals surface area contributed by atoms with Gasteiger partial charge < -0.3 is 4.57 Å². The van der Waals surface area contributed by atoms with Gasteiger partial charge in [-0.25, -0.2) is 4.99 Å². The highest BCUT2D eigenvalue weighted by Crippen LogP contribution is 2.36. The number of halogens is 1. The van der Waals surface area contributed by atoms with E-state index in [4.69, 9.17) is 16.6 Å². The molecular weight excluding hydrogens is 474 g/mol. The molecule has 6 heteroatoms. The number of amides is 1. The van der Waals surface area contributed by atoms with Crippen LogP contribution in [0.1, 0.15) is 30.0 Å². The molecule has 0 radical (unpaired) electrons. The van der Waals surface area contributed by atoms with Crippen molar-refractivity contribution >= 4 is 57.1 Å². The number of hydrogen-bond acceptors (Lipinski definition) is 3. The molecule has 0 unspecified atom stereocenters. The smallest absolute Gasteiger partial charge is 0.266 e. The molecule has 4 nitrogen and oxygen atoms in total. The molecule has 0 atom stereocenters. The van der Waals surface area contributed by atoms with Crippen molar-refractivity contribution in [3.63, 3.8) is 0 Å². The van der Waals surface area contributed by atoms with Crippen molar-refractivity contribution in [2.45, 2.75) is 26.8 Å². The second kappa shape index (κ2) is 10.1. The van der Waals surface area contributed by atoms with Crippen LogP contribution in [0.3, 0.4) is 0 Å². The summed E-state index contributed by atoms with van der Waals surface area (Å²) in [6.07, 6.45) is 5.00. The summed E-state index contributed by atoms with van der Waals surface area (Å²) >= 11 is 7.51. The first-order valence-corrected chi connectivity index (χ1v) is 12.9. The topological polar surface area (TPSA) is 37.6 Å². The van der Waals surface area contributed by atoms with Crippen LogP contribution in [-0.2, 0) is 11.3 Å². The lowest BCUT2D eigenvalue weighted by Crippen LogP contribution is -2.29. The summed E-state index contributed by atoms with van der Waals surface area (Å²) in [6, 6.07) is 24.3. The molecule has 1 fully saturated rings. The maximum absolute atomic E-state index is 13.4. The third-order valence-corrected chi connectivity index (χ3v) is 7.22. The number of carbonyl (C=O) groups is 1. The Morgan fingerprint density at radius 3 is 2.49 bits per heavy atom. The van der Waals surface area contributed by atoms with Gasteiger partial charge in [0.05, 0.1) is 10.6 Å². The van der Waals surface area contributed by atoms with Crippen molar-refractivity contribution in [3.05, 3.63) is 106 Å². The molecule has 1 aliphatic rings. The molecule has 4 aromatic rings. The second-order valence-corrected chi connectivity index (χ2v) is 10.1. The first-order chi connectivity index (χ1) is 17.0. The van der Waals surface area contributed by atoms with Crippen LogP contribution in [-0.4, -0.2) is 27.1 Å². The van der Waals surface area contributed by atoms with Crippen LogP contribution >= 0.6 is 23.4 Å². The number of amidine groups is 1. The van der Waals surface area contributed by atoms with Crippen LogP contribution in [0.15, 0.2) is 88.9 Å². The lowest BCUT2D eigenvalue weighted by atomic mass is 10.1. The van der Waals surface area contributed by atoms with E-state index >= 15 is 0 Å². The first-order valence-electron chi connectivity index (χ1n) is 11.7. The molecule has 1 amide bonds. The SMILES string of the molecule is CCCN1C(=O)/C(=C\c2cn(Cc3ccc(Cl)cc3)c3ccccc23)SC1=Nc1ccc(C)cc1. The molecule has 1 aromatic heterocycles. The number of para-hydroxylation sites is 1. The predicted molar refractivity (Wildman–Crippen MR) is 148 cm³/mol. The maximum Gasteiger partial charge on any atom is 0.266 e. The lowest BCUT2D eigenvalue weighted by Gasteiger charge is -2.13. The average Bonchev–Trinajstić information content (AvgIpc) is 3.35. The maximum atomic E-state index is 13.4. The van der Waals surface area contributed by atoms with Gasteiger partial charge in [0.15, 0.2) is 5.17 Å². The van der Waals surface area contributed by atoms with Gasteiger partial charge in [-0.1, -0.05) is 66.6 Å². The van der Waals surface area contributed by atoms with E-state index in [1.807, 2.05) is 66.7 Å². The molecule has 0 N–H and O–H groups in total. The molecule has 5 rings (SSSR count). The Hall–Kier alpha value is -3.28. The van der Waals surface area contributed by atoms with Crippen molar-refractivity contribution in [1.82, 2.24) is 9.47 Å². The van der Waals surface area contributed by atoms with Gasteiger partial charge in [-0.2, -0.15) is 0 Å². The fourth-order valence-electron chi connectivity index (χ4n) is 4.19. The quantitative estimate of drug-likeness (QED) is 0.255. The summed E-state index contributed by atoms with van der Waals surface area (Å²) < 4.78 is 2.22. The minimum absolute atomic E-state index is 0.0113. The molecule has 2 heterocycles. The van der Waals surface area contributed by atoms with E-state index in [0.29, 0.717) is 11.4 Å². The normalized spacial score (nSPS) is 16.2. The zero-order valence-electron chi connectivity index (χ0n) is 19.7. The van der Waals surface area contributed by atoms with Crippen LogP contribution in [0.4, 0.5) is 5.69 Å². The van der Waals surface area contributed by atoms with Gasteiger partial charge in [-0.3, -0.25) is 9.69 Å². The standard InChI is InChI=1S/C29H26ClN3OS/c1-3-16-33-28(34)27(35-29(33)31-24-14-8-20(2)9-15-24)17-22-19-32(26-7-5-4-6-25(22)26)18-21-10-12-23(30)13-11-21/h4-15,17,19H,3,16,18H2,1-2H3/b27-17+,31-29?. The van der Waals surface area contributed by atoms with E-state index < -0.39 is 0 Å². The number of hydrogen-bond donors (Lipinski definition) is 0. The minimum Gasteiger partial charge on any atom is -0.342 e. The summed E-state index contributed by atoms with van der Waals surface area (Å²) in [4.78, 5) is 20.6. The van der Waals surface area contributed by atoms with Crippen LogP contribution in [0, 0.1) is 6.92 Å². The van der Waals surface area contributed by atoms with Gasteiger partial charge in [0, 0.05) is 40.8 Å². The number of nitrogens with zero attached hydrogens (tertiary/aromatic N) is 3. The van der Waals surface area contributed by atoms with E-state index in [2.05, 4.69) is 36.7 Å². The lowest BCUT2D eigenvalue weighted by molar-refractivity contribution is -0.122. The Labute approximate surface area is 214 Å². The van der Waals surface area contributed by atoms with Crippen LogP contribution in [0.5, 0.6) is 0 Å². The molecule has 0 bridgehead atoms. The Bertz CT molecular complexity index is 1440. The summed E-state index contributed by atoms with van der Waals surface area (Å²) in [6.45, 7) is 5.50. The van der Waals surface area contributed by atoms with Crippen LogP contribution < -0.4 is 0 Å². The highest BCUT2D eigenvalue weighted by molar-refractivity contribution is 8.18. The first kappa shape index (κ1) is 23.5. The van der Waals surface area contributed by atoms with Gasteiger partial charge in [-0.05, 0) is 67.1 Å². The monoisotopic (exact) mass is 499 g/mol. The van der Waals surface area contributed by atoms with Gasteiger partial charge in [0.1, 0.15) is 0 Å². The summed E-state index contributed by atoms with van der Waals surface area (Å²) in [5, 5.41) is 2.58. The number of rotatable bonds is 6. The average molecular weight is 500 g/mol. The third kappa shape index (κ3) is 5.07. The second-order valence-electron chi connectivity index (χ2n) is 8.65. The zero-order chi connectivity index (χ0) is 24.4. The summed E-state index contributed by atoms with van der Waals surface area (Å²) in [5.74, 6) is 0.0113. The van der Waals surface area contributed by atoms with Gasteiger partial charge in [-0.15, -0.1) is 0 Å². The van der Waals surface area contributed by atoms with Gasteiger partial charge in [0.2, 0.25) is 0 Å². The summed E-state index contributed by atoms with van der Waals surface area (Å²) in [7, 11) is 0. The number of aliphatic imine (C=N–C) groups is 1. The van der Waals surface area contributed by atoms with Crippen LogP contribution in [0.25, 0.3) is 17.0 Å². The fourth-order valence-corrected chi connectivity index (χ4v) is 5.33. The van der Waals surface area contributed by atoms with E-state index in [1.54, 1.807) is 4.90 Å². The van der Waals surface area contributed by atoms with Crippen LogP contribution in [0.2, 0.25) is 5.02 Å². The molecule has 1 saturated heterocycles. The summed E-state index contributed by atoms with van der Waals surface area (Å²) in [5.41, 5.74) is 5.36. The number of fused-ring (bicyclic) bond motifs is 1. The molecule has 35 heavy (non-hydrogen) atoms. The molecule has 0 aliphatic carbocycles. The van der Waals surface area contributed by atoms with Crippen molar-refractivity contribution in [3.8, 4) is 0 Å². The van der Waals surface area contributed by atoms with Crippen molar-refractivity contribution in [2.24, 2.45) is 4.99 Å². The third-order valence-electron chi connectivity index (χ3n) is 5.97. The number of carbonyl (C=O) groups excluding carboxylic acids is 1. The molecule has 176 valence electrons. The molecule has 0 saturated carbocycles. The Morgan fingerprint density at radius 1 is 1.00 bits per heavy atom. The van der Waals surface area contributed by atoms with Crippen molar-refractivity contribution < 1.29 is 4.79 Å². The number of aromatic nitrogens is 1. The Balaban J connectivity index is 1.51. The molecule has 1 aliphatic heterocycles. The zero-order valence-corrected chi connectivity index (χ0v) is 21.3. The highest BCUT2D eigenvalue weighted by atomic mass is 35.5. The van der Waals surface area contributed by atoms with E-state index in [9.17, 15) is 4.79 Å².